The summed E-state index contributed by atoms with van der Waals surface area (Å²) in [6.07, 6.45) is 3.99. The molecule has 0 radical (unpaired) electrons. The SMILES string of the molecule is CC1(C)c2[nH]c3ccccc3c2C[C@H]2C(=O)N(Cc3cccnc3)CC(=O)N21. The summed E-state index contributed by atoms with van der Waals surface area (Å²) in [6, 6.07) is 11.4. The fraction of sp³-hybridized carbons (Fsp3) is 0.318. The van der Waals surface area contributed by atoms with Crippen LogP contribution in [0.3, 0.4) is 0 Å². The average molecular weight is 374 g/mol. The lowest BCUT2D eigenvalue weighted by Crippen LogP contribution is -2.66. The van der Waals surface area contributed by atoms with Gasteiger partial charge in [-0.15, -0.1) is 0 Å². The summed E-state index contributed by atoms with van der Waals surface area (Å²) in [7, 11) is 0. The van der Waals surface area contributed by atoms with Gasteiger partial charge in [0, 0.05) is 42.0 Å². The molecule has 142 valence electrons. The number of fused-ring (bicyclic) bond motifs is 4. The molecule has 0 saturated carbocycles. The highest BCUT2D eigenvalue weighted by Gasteiger charge is 2.51. The van der Waals surface area contributed by atoms with Crippen molar-refractivity contribution in [1.82, 2.24) is 19.8 Å². The third-order valence-electron chi connectivity index (χ3n) is 6.02. The van der Waals surface area contributed by atoms with Crippen LogP contribution in [0.15, 0.2) is 48.8 Å². The Balaban J connectivity index is 1.56. The van der Waals surface area contributed by atoms with Gasteiger partial charge in [0.1, 0.15) is 12.6 Å². The van der Waals surface area contributed by atoms with Gasteiger partial charge in [-0.2, -0.15) is 0 Å². The van der Waals surface area contributed by atoms with Crippen molar-refractivity contribution in [3.63, 3.8) is 0 Å². The van der Waals surface area contributed by atoms with Crippen molar-refractivity contribution in [2.75, 3.05) is 6.54 Å². The topological polar surface area (TPSA) is 69.3 Å². The number of carbonyl (C=O) groups excluding carboxylic acids is 2. The first-order chi connectivity index (χ1) is 13.5. The zero-order valence-electron chi connectivity index (χ0n) is 16.0. The highest BCUT2D eigenvalue weighted by atomic mass is 16.2. The third kappa shape index (κ3) is 2.37. The van der Waals surface area contributed by atoms with Crippen LogP contribution in [0.1, 0.15) is 30.7 Å². The van der Waals surface area contributed by atoms with Crippen molar-refractivity contribution in [1.29, 1.82) is 0 Å². The number of H-pyrrole nitrogens is 1. The summed E-state index contributed by atoms with van der Waals surface area (Å²) in [6.45, 7) is 4.55. The Hall–Kier alpha value is -3.15. The molecule has 1 saturated heterocycles. The minimum atomic E-state index is -0.565. The smallest absolute Gasteiger partial charge is 0.246 e. The van der Waals surface area contributed by atoms with E-state index in [1.807, 2.05) is 44.2 Å². The van der Waals surface area contributed by atoms with Gasteiger partial charge in [0.25, 0.3) is 0 Å². The van der Waals surface area contributed by atoms with Crippen LogP contribution in [-0.4, -0.2) is 44.2 Å². The van der Waals surface area contributed by atoms with E-state index in [1.165, 1.54) is 0 Å². The number of hydrogen-bond donors (Lipinski definition) is 1. The molecule has 2 amide bonds. The minimum Gasteiger partial charge on any atom is -0.356 e. The van der Waals surface area contributed by atoms with Gasteiger partial charge in [0.05, 0.1) is 5.54 Å². The third-order valence-corrected chi connectivity index (χ3v) is 6.02. The Kier molecular flexibility index (Phi) is 3.59. The molecule has 6 nitrogen and oxygen atoms in total. The summed E-state index contributed by atoms with van der Waals surface area (Å²) in [5.74, 6) is -0.00439. The first-order valence-electron chi connectivity index (χ1n) is 9.57. The molecular weight excluding hydrogens is 352 g/mol. The molecule has 2 aliphatic rings. The van der Waals surface area contributed by atoms with Crippen LogP contribution in [-0.2, 0) is 28.1 Å². The quantitative estimate of drug-likeness (QED) is 0.750. The maximum Gasteiger partial charge on any atom is 0.246 e. The highest BCUT2D eigenvalue weighted by molar-refractivity contribution is 5.97. The van der Waals surface area contributed by atoms with E-state index >= 15 is 0 Å². The predicted molar refractivity (Wildman–Crippen MR) is 105 cm³/mol. The van der Waals surface area contributed by atoms with E-state index in [0.29, 0.717) is 13.0 Å². The number of aromatic nitrogens is 2. The number of para-hydroxylation sites is 1. The van der Waals surface area contributed by atoms with Gasteiger partial charge in [-0.1, -0.05) is 24.3 Å². The summed E-state index contributed by atoms with van der Waals surface area (Å²) in [4.78, 5) is 37.5. The van der Waals surface area contributed by atoms with E-state index in [-0.39, 0.29) is 18.4 Å². The number of aromatic amines is 1. The molecule has 6 heteroatoms. The number of pyridine rings is 1. The molecule has 1 atom stereocenters. The summed E-state index contributed by atoms with van der Waals surface area (Å²) in [5, 5.41) is 1.13. The molecule has 4 heterocycles. The zero-order valence-corrected chi connectivity index (χ0v) is 16.0. The normalized spacial score (nSPS) is 21.0. The minimum absolute atomic E-state index is 0.00691. The number of nitrogens with zero attached hydrogens (tertiary/aromatic N) is 3. The van der Waals surface area contributed by atoms with Crippen LogP contribution >= 0.6 is 0 Å². The number of carbonyl (C=O) groups is 2. The fourth-order valence-corrected chi connectivity index (χ4v) is 4.79. The molecule has 2 aromatic heterocycles. The van der Waals surface area contributed by atoms with Crippen molar-refractivity contribution < 1.29 is 9.59 Å². The molecule has 0 spiro atoms. The Morgan fingerprint density at radius 3 is 2.79 bits per heavy atom. The largest absolute Gasteiger partial charge is 0.356 e. The maximum atomic E-state index is 13.4. The Morgan fingerprint density at radius 1 is 1.18 bits per heavy atom. The predicted octanol–water partition coefficient (Wildman–Crippen LogP) is 2.59. The number of piperazine rings is 1. The van der Waals surface area contributed by atoms with Gasteiger partial charge in [-0.3, -0.25) is 14.6 Å². The molecule has 0 aliphatic carbocycles. The van der Waals surface area contributed by atoms with Crippen LogP contribution in [0, 0.1) is 0 Å². The second-order valence-corrected chi connectivity index (χ2v) is 8.12. The zero-order chi connectivity index (χ0) is 19.5. The second-order valence-electron chi connectivity index (χ2n) is 8.12. The summed E-state index contributed by atoms with van der Waals surface area (Å²) >= 11 is 0. The van der Waals surface area contributed by atoms with Gasteiger partial charge in [-0.05, 0) is 37.1 Å². The molecule has 28 heavy (non-hydrogen) atoms. The van der Waals surface area contributed by atoms with Crippen LogP contribution < -0.4 is 0 Å². The number of nitrogens with one attached hydrogen (secondary N) is 1. The molecule has 2 aliphatic heterocycles. The maximum absolute atomic E-state index is 13.4. The summed E-state index contributed by atoms with van der Waals surface area (Å²) in [5.41, 5.74) is 3.59. The van der Waals surface area contributed by atoms with Crippen molar-refractivity contribution in [3.05, 3.63) is 65.6 Å². The Bertz CT molecular complexity index is 1090. The van der Waals surface area contributed by atoms with Gasteiger partial charge >= 0.3 is 0 Å². The number of rotatable bonds is 2. The highest BCUT2D eigenvalue weighted by Crippen LogP contribution is 2.42. The Labute approximate surface area is 163 Å². The Morgan fingerprint density at radius 2 is 2.00 bits per heavy atom. The van der Waals surface area contributed by atoms with Crippen LogP contribution in [0.4, 0.5) is 0 Å². The van der Waals surface area contributed by atoms with E-state index in [4.69, 9.17) is 0 Å². The molecule has 1 fully saturated rings. The van der Waals surface area contributed by atoms with Crippen LogP contribution in [0.25, 0.3) is 10.9 Å². The van der Waals surface area contributed by atoms with Gasteiger partial charge < -0.3 is 14.8 Å². The lowest BCUT2D eigenvalue weighted by molar-refractivity contribution is -0.164. The summed E-state index contributed by atoms with van der Waals surface area (Å²) < 4.78 is 0. The standard InChI is InChI=1S/C22H22N4O2/c1-22(2)20-16(15-7-3-4-8-17(15)24-20)10-18-21(28)25(13-19(27)26(18)22)12-14-6-5-9-23-11-14/h3-9,11,18,24H,10,12-13H2,1-2H3/t18-/m0/s1. The first-order valence-corrected chi connectivity index (χ1v) is 9.57. The molecular formula is C22H22N4O2. The van der Waals surface area contributed by atoms with E-state index in [2.05, 4.69) is 16.0 Å². The number of hydrogen-bond acceptors (Lipinski definition) is 3. The second kappa shape index (κ2) is 5.92. The van der Waals surface area contributed by atoms with E-state index in [9.17, 15) is 9.59 Å². The monoisotopic (exact) mass is 374 g/mol. The van der Waals surface area contributed by atoms with E-state index in [1.54, 1.807) is 22.2 Å². The van der Waals surface area contributed by atoms with Crippen molar-refractivity contribution >= 4 is 22.7 Å². The average Bonchev–Trinajstić information content (AvgIpc) is 3.06. The van der Waals surface area contributed by atoms with E-state index < -0.39 is 11.6 Å². The molecule has 1 aromatic carbocycles. The van der Waals surface area contributed by atoms with Crippen LogP contribution in [0.2, 0.25) is 0 Å². The molecule has 3 aromatic rings. The van der Waals surface area contributed by atoms with Crippen LogP contribution in [0.5, 0.6) is 0 Å². The van der Waals surface area contributed by atoms with Crippen molar-refractivity contribution in [3.8, 4) is 0 Å². The van der Waals surface area contributed by atoms with Gasteiger partial charge in [0.15, 0.2) is 0 Å². The molecule has 0 bridgehead atoms. The van der Waals surface area contributed by atoms with Crippen molar-refractivity contribution in [2.24, 2.45) is 0 Å². The van der Waals surface area contributed by atoms with Gasteiger partial charge in [-0.25, -0.2) is 0 Å². The van der Waals surface area contributed by atoms with E-state index in [0.717, 1.165) is 27.7 Å². The molecule has 1 N–H and O–H groups in total. The molecule has 0 unspecified atom stereocenters. The van der Waals surface area contributed by atoms with Gasteiger partial charge in [0.2, 0.25) is 11.8 Å². The fourth-order valence-electron chi connectivity index (χ4n) is 4.79. The molecule has 5 rings (SSSR count). The lowest BCUT2D eigenvalue weighted by atomic mass is 9.82. The number of benzene rings is 1. The van der Waals surface area contributed by atoms with Crippen molar-refractivity contribution in [2.45, 2.75) is 38.4 Å². The lowest BCUT2D eigenvalue weighted by Gasteiger charge is -2.51. The number of amides is 2. The first kappa shape index (κ1) is 17.0.